The highest BCUT2D eigenvalue weighted by Crippen LogP contribution is 2.19. The van der Waals surface area contributed by atoms with E-state index in [1.54, 1.807) is 11.0 Å². The van der Waals surface area contributed by atoms with Crippen molar-refractivity contribution in [2.45, 2.75) is 12.8 Å². The standard InChI is InChI=1S/C11H12BrFN2O/c12-8-5-9(13)7-10(6-8)14-11(16)15-3-1-2-4-15/h5-7H,1-4H2,(H,14,16). The fraction of sp³-hybridized carbons (Fsp3) is 0.364. The van der Waals surface area contributed by atoms with Crippen LogP contribution in [0.25, 0.3) is 0 Å². The Hall–Kier alpha value is -1.10. The maximum atomic E-state index is 13.1. The number of anilines is 1. The first-order valence-electron chi connectivity index (χ1n) is 5.17. The fourth-order valence-corrected chi connectivity index (χ4v) is 2.21. The number of hydrogen-bond acceptors (Lipinski definition) is 1. The quantitative estimate of drug-likeness (QED) is 0.845. The number of nitrogens with zero attached hydrogens (tertiary/aromatic N) is 1. The molecule has 1 heterocycles. The van der Waals surface area contributed by atoms with Crippen LogP contribution >= 0.6 is 15.9 Å². The van der Waals surface area contributed by atoms with Crippen molar-refractivity contribution in [3.63, 3.8) is 0 Å². The number of carbonyl (C=O) groups is 1. The van der Waals surface area contributed by atoms with E-state index in [9.17, 15) is 9.18 Å². The number of amides is 2. The number of halogens is 2. The lowest BCUT2D eigenvalue weighted by atomic mass is 10.3. The van der Waals surface area contributed by atoms with Gasteiger partial charge in [-0.15, -0.1) is 0 Å². The minimum Gasteiger partial charge on any atom is -0.325 e. The summed E-state index contributed by atoms with van der Waals surface area (Å²) < 4.78 is 13.7. The molecule has 0 aliphatic carbocycles. The molecule has 0 spiro atoms. The fourth-order valence-electron chi connectivity index (χ4n) is 1.75. The SMILES string of the molecule is O=C(Nc1cc(F)cc(Br)c1)N1CCCC1. The molecule has 0 saturated carbocycles. The van der Waals surface area contributed by atoms with Gasteiger partial charge in [0.1, 0.15) is 5.82 Å². The van der Waals surface area contributed by atoms with Gasteiger partial charge in [-0.05, 0) is 31.0 Å². The Morgan fingerprint density at radius 2 is 2.00 bits per heavy atom. The highest BCUT2D eigenvalue weighted by molar-refractivity contribution is 9.10. The van der Waals surface area contributed by atoms with E-state index in [1.807, 2.05) is 0 Å². The lowest BCUT2D eigenvalue weighted by molar-refractivity contribution is 0.222. The number of carbonyl (C=O) groups excluding carboxylic acids is 1. The number of likely N-dealkylation sites (tertiary alicyclic amines) is 1. The van der Waals surface area contributed by atoms with Crippen molar-refractivity contribution >= 4 is 27.6 Å². The van der Waals surface area contributed by atoms with Gasteiger partial charge in [-0.3, -0.25) is 0 Å². The summed E-state index contributed by atoms with van der Waals surface area (Å²) in [7, 11) is 0. The predicted octanol–water partition coefficient (Wildman–Crippen LogP) is 3.22. The zero-order valence-electron chi connectivity index (χ0n) is 8.67. The molecule has 0 radical (unpaired) electrons. The van der Waals surface area contributed by atoms with Crippen LogP contribution in [0.3, 0.4) is 0 Å². The topological polar surface area (TPSA) is 32.3 Å². The molecule has 16 heavy (non-hydrogen) atoms. The van der Waals surface area contributed by atoms with Gasteiger partial charge in [-0.2, -0.15) is 0 Å². The van der Waals surface area contributed by atoms with Gasteiger partial charge in [-0.1, -0.05) is 15.9 Å². The summed E-state index contributed by atoms with van der Waals surface area (Å²) in [4.78, 5) is 13.4. The zero-order valence-corrected chi connectivity index (χ0v) is 10.3. The molecule has 1 aromatic rings. The number of rotatable bonds is 1. The Morgan fingerprint density at radius 1 is 1.31 bits per heavy atom. The highest BCUT2D eigenvalue weighted by Gasteiger charge is 2.17. The normalized spacial score (nSPS) is 15.2. The van der Waals surface area contributed by atoms with E-state index in [2.05, 4.69) is 21.2 Å². The molecule has 0 aromatic heterocycles. The lowest BCUT2D eigenvalue weighted by Crippen LogP contribution is -2.32. The minimum absolute atomic E-state index is 0.157. The van der Waals surface area contributed by atoms with E-state index in [4.69, 9.17) is 0 Å². The first-order valence-corrected chi connectivity index (χ1v) is 5.96. The van der Waals surface area contributed by atoms with E-state index in [-0.39, 0.29) is 11.8 Å². The van der Waals surface area contributed by atoms with Crippen LogP contribution < -0.4 is 5.32 Å². The van der Waals surface area contributed by atoms with Crippen LogP contribution in [0.5, 0.6) is 0 Å². The van der Waals surface area contributed by atoms with Crippen LogP contribution in [0.4, 0.5) is 14.9 Å². The number of hydrogen-bond donors (Lipinski definition) is 1. The maximum Gasteiger partial charge on any atom is 0.321 e. The highest BCUT2D eigenvalue weighted by atomic mass is 79.9. The van der Waals surface area contributed by atoms with E-state index in [1.165, 1.54) is 12.1 Å². The molecule has 2 amide bonds. The molecule has 1 aromatic carbocycles. The molecule has 3 nitrogen and oxygen atoms in total. The van der Waals surface area contributed by atoms with Crippen LogP contribution in [0.2, 0.25) is 0 Å². The molecule has 1 saturated heterocycles. The second-order valence-corrected chi connectivity index (χ2v) is 4.70. The van der Waals surface area contributed by atoms with Gasteiger partial charge < -0.3 is 10.2 Å². The molecule has 1 aliphatic heterocycles. The third-order valence-corrected chi connectivity index (χ3v) is 2.96. The third-order valence-electron chi connectivity index (χ3n) is 2.51. The monoisotopic (exact) mass is 286 g/mol. The zero-order chi connectivity index (χ0) is 11.5. The summed E-state index contributed by atoms with van der Waals surface area (Å²) >= 11 is 3.18. The van der Waals surface area contributed by atoms with Crippen molar-refractivity contribution in [1.82, 2.24) is 4.90 Å². The molecule has 0 unspecified atom stereocenters. The summed E-state index contributed by atoms with van der Waals surface area (Å²) in [6, 6.07) is 4.18. The molecular weight excluding hydrogens is 275 g/mol. The van der Waals surface area contributed by atoms with E-state index in [0.717, 1.165) is 25.9 Å². The molecule has 0 bridgehead atoms. The van der Waals surface area contributed by atoms with Crippen molar-refractivity contribution < 1.29 is 9.18 Å². The van der Waals surface area contributed by atoms with Crippen LogP contribution in [0.1, 0.15) is 12.8 Å². The van der Waals surface area contributed by atoms with Crippen molar-refractivity contribution in [2.75, 3.05) is 18.4 Å². The van der Waals surface area contributed by atoms with Gasteiger partial charge in [0, 0.05) is 23.2 Å². The number of nitrogens with one attached hydrogen (secondary N) is 1. The van der Waals surface area contributed by atoms with Crippen molar-refractivity contribution in [1.29, 1.82) is 0 Å². The van der Waals surface area contributed by atoms with Crippen molar-refractivity contribution in [3.8, 4) is 0 Å². The first kappa shape index (κ1) is 11.4. The maximum absolute atomic E-state index is 13.1. The third kappa shape index (κ3) is 2.72. The minimum atomic E-state index is -0.369. The molecule has 5 heteroatoms. The Bertz CT molecular complexity index is 385. The molecule has 1 N–H and O–H groups in total. The summed E-state index contributed by atoms with van der Waals surface area (Å²) in [6.07, 6.45) is 2.08. The predicted molar refractivity (Wildman–Crippen MR) is 63.9 cm³/mol. The summed E-state index contributed by atoms with van der Waals surface area (Å²) in [5, 5.41) is 2.68. The molecular formula is C11H12BrFN2O. The number of urea groups is 1. The lowest BCUT2D eigenvalue weighted by Gasteiger charge is -2.16. The van der Waals surface area contributed by atoms with Crippen LogP contribution in [0.15, 0.2) is 22.7 Å². The Balaban J connectivity index is 2.05. The Morgan fingerprint density at radius 3 is 2.62 bits per heavy atom. The van der Waals surface area contributed by atoms with Gasteiger partial charge >= 0.3 is 6.03 Å². The largest absolute Gasteiger partial charge is 0.325 e. The van der Waals surface area contributed by atoms with Gasteiger partial charge in [0.2, 0.25) is 0 Å². The van der Waals surface area contributed by atoms with Crippen LogP contribution in [0, 0.1) is 5.82 Å². The molecule has 1 fully saturated rings. The molecule has 0 atom stereocenters. The Kier molecular flexibility index (Phi) is 3.43. The van der Waals surface area contributed by atoms with E-state index < -0.39 is 0 Å². The summed E-state index contributed by atoms with van der Waals surface area (Å²) in [5.41, 5.74) is 0.476. The van der Waals surface area contributed by atoms with Crippen LogP contribution in [-0.4, -0.2) is 24.0 Å². The van der Waals surface area contributed by atoms with Crippen molar-refractivity contribution in [2.24, 2.45) is 0 Å². The molecule has 2 rings (SSSR count). The Labute approximate surface area is 102 Å². The average molecular weight is 287 g/mol. The van der Waals surface area contributed by atoms with Gasteiger partial charge in [0.15, 0.2) is 0 Å². The summed E-state index contributed by atoms with van der Waals surface area (Å²) in [6.45, 7) is 1.56. The molecule has 1 aliphatic rings. The van der Waals surface area contributed by atoms with Crippen molar-refractivity contribution in [3.05, 3.63) is 28.5 Å². The van der Waals surface area contributed by atoms with Gasteiger partial charge in [0.25, 0.3) is 0 Å². The first-order chi connectivity index (χ1) is 7.65. The smallest absolute Gasteiger partial charge is 0.321 e. The van der Waals surface area contributed by atoms with E-state index >= 15 is 0 Å². The van der Waals surface area contributed by atoms with E-state index in [0.29, 0.717) is 10.2 Å². The van der Waals surface area contributed by atoms with Gasteiger partial charge in [0.05, 0.1) is 0 Å². The second-order valence-electron chi connectivity index (χ2n) is 3.78. The molecule has 86 valence electrons. The van der Waals surface area contributed by atoms with Crippen LogP contribution in [-0.2, 0) is 0 Å². The average Bonchev–Trinajstić information content (AvgIpc) is 2.68. The summed E-state index contributed by atoms with van der Waals surface area (Å²) in [5.74, 6) is -0.369. The number of benzene rings is 1. The second kappa shape index (κ2) is 4.82. The van der Waals surface area contributed by atoms with Gasteiger partial charge in [-0.25, -0.2) is 9.18 Å².